The van der Waals surface area contributed by atoms with Gasteiger partial charge in [-0.3, -0.25) is 0 Å². The largest absolute Gasteiger partial charge is 0.416 e. The van der Waals surface area contributed by atoms with Gasteiger partial charge in [-0.1, -0.05) is 11.5 Å². The summed E-state index contributed by atoms with van der Waals surface area (Å²) >= 11 is 2.94. The zero-order valence-electron chi connectivity index (χ0n) is 3.65. The maximum absolute atomic E-state index is 10.1. The van der Waals surface area contributed by atoms with Crippen molar-refractivity contribution in [1.29, 1.82) is 0 Å². The average Bonchev–Trinajstić information content (AvgIpc) is 1.35. The van der Waals surface area contributed by atoms with Gasteiger partial charge in [0.1, 0.15) is 0 Å². The molecule has 0 aromatic rings. The van der Waals surface area contributed by atoms with Crippen LogP contribution in [0.1, 0.15) is 13.3 Å². The molecular weight excluding hydrogens is 163 g/mol. The van der Waals surface area contributed by atoms with Crippen LogP contribution in [0.4, 0.5) is 0 Å². The predicted octanol–water partition coefficient (Wildman–Crippen LogP) is 2.53. The molecule has 1 unspecified atom stereocenters. The second-order valence-electron chi connectivity index (χ2n) is 1.04. The van der Waals surface area contributed by atoms with Gasteiger partial charge in [0.15, 0.2) is 6.16 Å². The fourth-order valence-corrected chi connectivity index (χ4v) is 1.59. The Hall–Kier alpha value is 0.580. The lowest BCUT2D eigenvalue weighted by Crippen LogP contribution is -1.62. The fourth-order valence-electron chi connectivity index (χ4n) is 0.176. The monoisotopic (exact) mass is 169 g/mol. The Morgan fingerprint density at radius 2 is 2.33 bits per heavy atom. The van der Waals surface area contributed by atoms with Crippen LogP contribution in [-0.4, -0.2) is 6.16 Å². The van der Waals surface area contributed by atoms with Gasteiger partial charge in [-0.05, 0) is 6.42 Å². The number of rotatable bonds is 2. The molecule has 0 aliphatic carbocycles. The van der Waals surface area contributed by atoms with Gasteiger partial charge in [-0.2, -0.15) is 0 Å². The minimum absolute atomic E-state index is 0.801. The zero-order chi connectivity index (χ0) is 4.99. The summed E-state index contributed by atoms with van der Waals surface area (Å²) in [7, 11) is 0. The Balaban J connectivity index is 2.83. The van der Waals surface area contributed by atoms with E-state index in [-0.39, 0.29) is 0 Å². The summed E-state index contributed by atoms with van der Waals surface area (Å²) in [5, 5.41) is 0. The Morgan fingerprint density at radius 1 is 1.83 bits per heavy atom. The Bertz CT molecular complexity index is 54.8. The normalized spacial score (nSPS) is 11.3. The van der Waals surface area contributed by atoms with E-state index < -0.39 is 6.50 Å². The van der Waals surface area contributed by atoms with Gasteiger partial charge >= 0.3 is 6.50 Å². The van der Waals surface area contributed by atoms with Gasteiger partial charge in [0.2, 0.25) is 0 Å². The predicted molar refractivity (Wildman–Crippen MR) is 31.7 cm³/mol. The van der Waals surface area contributed by atoms with E-state index in [1.807, 2.05) is 6.92 Å². The molecule has 0 aromatic carbocycles. The minimum atomic E-state index is -1.04. The Morgan fingerprint density at radius 3 is 2.33 bits per heavy atom. The first kappa shape index (κ1) is 6.58. The molecule has 0 amide bonds. The number of hydrogen-bond donors (Lipinski definition) is 0. The molecule has 3 heteroatoms. The maximum atomic E-state index is 10.1. The van der Waals surface area contributed by atoms with Gasteiger partial charge in [0.25, 0.3) is 15.5 Å². The third kappa shape index (κ3) is 4.58. The first-order valence-corrected chi connectivity index (χ1v) is 5.34. The highest BCUT2D eigenvalue weighted by Crippen LogP contribution is 2.29. The molecule has 0 aliphatic rings. The van der Waals surface area contributed by atoms with Crippen LogP contribution in [0.15, 0.2) is 0 Å². The first-order valence-electron chi connectivity index (χ1n) is 1.87. The van der Waals surface area contributed by atoms with Gasteiger partial charge in [0, 0.05) is 0 Å². The zero-order valence-corrected chi connectivity index (χ0v) is 6.13. The highest BCUT2D eigenvalue weighted by atomic mass is 79.9. The molecule has 0 N–H and O–H groups in total. The molecule has 0 bridgehead atoms. The quantitative estimate of drug-likeness (QED) is 0.582. The molecular formula is C3H7BrOP+. The smallest absolute Gasteiger partial charge is 0.0613 e. The van der Waals surface area contributed by atoms with Crippen molar-refractivity contribution in [2.45, 2.75) is 13.3 Å². The van der Waals surface area contributed by atoms with E-state index in [1.54, 1.807) is 0 Å². The van der Waals surface area contributed by atoms with Crippen molar-refractivity contribution in [3.05, 3.63) is 0 Å². The third-order valence-electron chi connectivity index (χ3n) is 0.399. The van der Waals surface area contributed by atoms with Crippen molar-refractivity contribution in [1.82, 2.24) is 0 Å². The highest BCUT2D eigenvalue weighted by molar-refractivity contribution is 9.37. The fraction of sp³-hybridized carbons (Fsp3) is 1.00. The molecule has 0 rings (SSSR count). The van der Waals surface area contributed by atoms with Crippen molar-refractivity contribution < 1.29 is 4.57 Å². The van der Waals surface area contributed by atoms with E-state index >= 15 is 0 Å². The molecule has 0 saturated heterocycles. The van der Waals surface area contributed by atoms with Crippen molar-refractivity contribution >= 4 is 22.0 Å². The van der Waals surface area contributed by atoms with Crippen LogP contribution in [0.25, 0.3) is 0 Å². The van der Waals surface area contributed by atoms with Crippen LogP contribution in [0.5, 0.6) is 0 Å². The molecule has 0 aliphatic heterocycles. The molecule has 36 valence electrons. The molecule has 0 radical (unpaired) electrons. The van der Waals surface area contributed by atoms with Crippen LogP contribution in [-0.2, 0) is 4.57 Å². The molecule has 1 nitrogen and oxygen atoms in total. The second-order valence-corrected chi connectivity index (χ2v) is 4.50. The Labute approximate surface area is 46.7 Å². The standard InChI is InChI=1S/C3H7BrOP/c1-2-3-6(4)5/h2-3H2,1H3/q+1. The van der Waals surface area contributed by atoms with Crippen molar-refractivity contribution in [3.8, 4) is 0 Å². The molecule has 0 fully saturated rings. The van der Waals surface area contributed by atoms with E-state index in [2.05, 4.69) is 15.5 Å². The van der Waals surface area contributed by atoms with Gasteiger partial charge < -0.3 is 0 Å². The summed E-state index contributed by atoms with van der Waals surface area (Å²) < 4.78 is 10.1. The molecule has 0 spiro atoms. The van der Waals surface area contributed by atoms with Crippen LogP contribution < -0.4 is 0 Å². The Kier molecular flexibility index (Phi) is 4.12. The van der Waals surface area contributed by atoms with Crippen molar-refractivity contribution in [2.75, 3.05) is 6.16 Å². The molecule has 6 heavy (non-hydrogen) atoms. The molecule has 0 aromatic heterocycles. The number of halogens is 1. The minimum Gasteiger partial charge on any atom is -0.0613 e. The van der Waals surface area contributed by atoms with E-state index in [0.29, 0.717) is 0 Å². The van der Waals surface area contributed by atoms with Crippen molar-refractivity contribution in [3.63, 3.8) is 0 Å². The molecule has 0 heterocycles. The lowest BCUT2D eigenvalue weighted by Gasteiger charge is -1.65. The van der Waals surface area contributed by atoms with Crippen LogP contribution in [0, 0.1) is 0 Å². The summed E-state index contributed by atoms with van der Waals surface area (Å²) in [6.45, 7) is 0.970. The van der Waals surface area contributed by atoms with Gasteiger partial charge in [-0.25, -0.2) is 0 Å². The van der Waals surface area contributed by atoms with Crippen LogP contribution in [0.3, 0.4) is 0 Å². The van der Waals surface area contributed by atoms with E-state index in [4.69, 9.17) is 0 Å². The summed E-state index contributed by atoms with van der Waals surface area (Å²) in [6.07, 6.45) is 1.80. The van der Waals surface area contributed by atoms with Crippen LogP contribution in [0.2, 0.25) is 0 Å². The summed E-state index contributed by atoms with van der Waals surface area (Å²) in [5.41, 5.74) is 0. The average molecular weight is 170 g/mol. The molecule has 1 atom stereocenters. The SMILES string of the molecule is CCC[P+](=O)Br. The topological polar surface area (TPSA) is 17.1 Å². The van der Waals surface area contributed by atoms with Crippen molar-refractivity contribution in [2.24, 2.45) is 0 Å². The van der Waals surface area contributed by atoms with Gasteiger partial charge in [-0.15, -0.1) is 0 Å². The lowest BCUT2D eigenvalue weighted by molar-refractivity contribution is 0.596. The second kappa shape index (κ2) is 3.76. The highest BCUT2D eigenvalue weighted by Gasteiger charge is 2.03. The molecule has 0 saturated carbocycles. The first-order chi connectivity index (χ1) is 2.77. The number of hydrogen-bond acceptors (Lipinski definition) is 1. The third-order valence-corrected chi connectivity index (χ3v) is 2.26. The van der Waals surface area contributed by atoms with E-state index in [9.17, 15) is 4.57 Å². The van der Waals surface area contributed by atoms with E-state index in [0.717, 1.165) is 12.6 Å². The maximum Gasteiger partial charge on any atom is 0.416 e. The van der Waals surface area contributed by atoms with Crippen LogP contribution >= 0.6 is 22.0 Å². The summed E-state index contributed by atoms with van der Waals surface area (Å²) in [6, 6.07) is 0. The lowest BCUT2D eigenvalue weighted by atomic mass is 10.6. The van der Waals surface area contributed by atoms with Gasteiger partial charge in [0.05, 0.1) is 0 Å². The summed E-state index contributed by atoms with van der Waals surface area (Å²) in [4.78, 5) is 0. The van der Waals surface area contributed by atoms with E-state index in [1.165, 1.54) is 0 Å². The summed E-state index contributed by atoms with van der Waals surface area (Å²) in [5.74, 6) is 0.